The van der Waals surface area contributed by atoms with Crippen molar-refractivity contribution in [2.24, 2.45) is 5.92 Å². The second-order valence-corrected chi connectivity index (χ2v) is 6.44. The van der Waals surface area contributed by atoms with Crippen LogP contribution in [0, 0.1) is 5.92 Å². The standard InChI is InChI=1S/C18H25N3O2/c22-17(15-7-4-5-8-15)20-11-6-12-21(14-13-20)18(23)19-16-9-2-1-3-10-16/h1-3,9-10,15H,4-8,11-14H2,(H,19,23). The summed E-state index contributed by atoms with van der Waals surface area (Å²) in [4.78, 5) is 28.7. The fraction of sp³-hybridized carbons (Fsp3) is 0.556. The maximum atomic E-state index is 12.5. The van der Waals surface area contributed by atoms with E-state index in [0.717, 1.165) is 31.5 Å². The van der Waals surface area contributed by atoms with E-state index in [1.807, 2.05) is 40.1 Å². The number of urea groups is 1. The molecule has 1 heterocycles. The van der Waals surface area contributed by atoms with Gasteiger partial charge in [0.1, 0.15) is 0 Å². The van der Waals surface area contributed by atoms with Gasteiger partial charge >= 0.3 is 6.03 Å². The molecule has 124 valence electrons. The minimum atomic E-state index is -0.0774. The third-order valence-electron chi connectivity index (χ3n) is 4.82. The van der Waals surface area contributed by atoms with E-state index < -0.39 is 0 Å². The number of nitrogens with one attached hydrogen (secondary N) is 1. The number of rotatable bonds is 2. The second-order valence-electron chi connectivity index (χ2n) is 6.44. The fourth-order valence-corrected chi connectivity index (χ4v) is 3.50. The van der Waals surface area contributed by atoms with E-state index in [4.69, 9.17) is 0 Å². The van der Waals surface area contributed by atoms with Gasteiger partial charge in [-0.3, -0.25) is 4.79 Å². The van der Waals surface area contributed by atoms with Crippen molar-refractivity contribution in [2.75, 3.05) is 31.5 Å². The zero-order valence-electron chi connectivity index (χ0n) is 13.5. The molecule has 3 rings (SSSR count). The Balaban J connectivity index is 1.53. The average Bonchev–Trinajstić information content (AvgIpc) is 2.99. The van der Waals surface area contributed by atoms with Crippen molar-refractivity contribution in [3.05, 3.63) is 30.3 Å². The van der Waals surface area contributed by atoms with Gasteiger partial charge < -0.3 is 15.1 Å². The van der Waals surface area contributed by atoms with Crippen LogP contribution >= 0.6 is 0 Å². The molecule has 0 aromatic heterocycles. The molecule has 1 saturated heterocycles. The highest BCUT2D eigenvalue weighted by Crippen LogP contribution is 2.27. The zero-order chi connectivity index (χ0) is 16.1. The predicted octanol–water partition coefficient (Wildman–Crippen LogP) is 2.94. The first-order valence-corrected chi connectivity index (χ1v) is 8.64. The van der Waals surface area contributed by atoms with Gasteiger partial charge in [-0.2, -0.15) is 0 Å². The lowest BCUT2D eigenvalue weighted by Crippen LogP contribution is -2.40. The summed E-state index contributed by atoms with van der Waals surface area (Å²) in [6.45, 7) is 2.73. The van der Waals surface area contributed by atoms with Gasteiger partial charge in [-0.25, -0.2) is 4.79 Å². The SMILES string of the molecule is O=C(Nc1ccccc1)N1CCCN(C(=O)C2CCCC2)CC1. The maximum absolute atomic E-state index is 12.5. The molecule has 1 aliphatic carbocycles. The van der Waals surface area contributed by atoms with E-state index in [1.54, 1.807) is 0 Å². The van der Waals surface area contributed by atoms with E-state index in [0.29, 0.717) is 25.5 Å². The monoisotopic (exact) mass is 315 g/mol. The summed E-state index contributed by atoms with van der Waals surface area (Å²) in [6, 6.07) is 9.41. The molecule has 23 heavy (non-hydrogen) atoms. The molecule has 1 aromatic rings. The molecule has 0 spiro atoms. The van der Waals surface area contributed by atoms with Crippen LogP contribution in [0.1, 0.15) is 32.1 Å². The second kappa shape index (κ2) is 7.49. The highest BCUT2D eigenvalue weighted by atomic mass is 16.2. The summed E-state index contributed by atoms with van der Waals surface area (Å²) in [5.41, 5.74) is 0.806. The number of nitrogens with zero attached hydrogens (tertiary/aromatic N) is 2. The molecule has 0 atom stereocenters. The van der Waals surface area contributed by atoms with Crippen molar-refractivity contribution >= 4 is 17.6 Å². The average molecular weight is 315 g/mol. The Bertz CT molecular complexity index is 540. The minimum absolute atomic E-state index is 0.0774. The molecule has 0 bridgehead atoms. The number of carbonyl (C=O) groups excluding carboxylic acids is 2. The highest BCUT2D eigenvalue weighted by molar-refractivity contribution is 5.89. The van der Waals surface area contributed by atoms with E-state index >= 15 is 0 Å². The van der Waals surface area contributed by atoms with Gasteiger partial charge in [-0.05, 0) is 31.4 Å². The first kappa shape index (κ1) is 15.8. The number of benzene rings is 1. The van der Waals surface area contributed by atoms with Crippen molar-refractivity contribution in [1.82, 2.24) is 9.80 Å². The van der Waals surface area contributed by atoms with Crippen LogP contribution in [-0.2, 0) is 4.79 Å². The normalized spacial score (nSPS) is 19.5. The molecule has 1 aliphatic heterocycles. The van der Waals surface area contributed by atoms with Crippen LogP contribution in [0.3, 0.4) is 0 Å². The number of anilines is 1. The molecule has 1 saturated carbocycles. The maximum Gasteiger partial charge on any atom is 0.321 e. The molecule has 1 aromatic carbocycles. The van der Waals surface area contributed by atoms with Crippen LogP contribution in [0.15, 0.2) is 30.3 Å². The lowest BCUT2D eigenvalue weighted by molar-refractivity contribution is -0.135. The quantitative estimate of drug-likeness (QED) is 0.912. The number of hydrogen-bond donors (Lipinski definition) is 1. The van der Waals surface area contributed by atoms with Gasteiger partial charge in [-0.15, -0.1) is 0 Å². The third kappa shape index (κ3) is 4.03. The summed E-state index contributed by atoms with van der Waals surface area (Å²) >= 11 is 0. The Kier molecular flexibility index (Phi) is 5.16. The van der Waals surface area contributed by atoms with Crippen LogP contribution in [0.25, 0.3) is 0 Å². The van der Waals surface area contributed by atoms with Crippen LogP contribution in [0.5, 0.6) is 0 Å². The first-order valence-electron chi connectivity index (χ1n) is 8.64. The smallest absolute Gasteiger partial charge is 0.321 e. The van der Waals surface area contributed by atoms with Gasteiger partial charge in [0.25, 0.3) is 0 Å². The van der Waals surface area contributed by atoms with Crippen LogP contribution in [0.4, 0.5) is 10.5 Å². The molecule has 5 heteroatoms. The zero-order valence-corrected chi connectivity index (χ0v) is 13.5. The largest absolute Gasteiger partial charge is 0.341 e. The number of carbonyl (C=O) groups is 2. The topological polar surface area (TPSA) is 52.7 Å². The molecule has 0 unspecified atom stereocenters. The number of hydrogen-bond acceptors (Lipinski definition) is 2. The van der Waals surface area contributed by atoms with Gasteiger partial charge in [0.15, 0.2) is 0 Å². The first-order chi connectivity index (χ1) is 11.2. The Labute approximate surface area is 137 Å². The van der Waals surface area contributed by atoms with Gasteiger partial charge in [0.2, 0.25) is 5.91 Å². The lowest BCUT2D eigenvalue weighted by Gasteiger charge is -2.24. The van der Waals surface area contributed by atoms with Crippen molar-refractivity contribution in [2.45, 2.75) is 32.1 Å². The van der Waals surface area contributed by atoms with Crippen molar-refractivity contribution < 1.29 is 9.59 Å². The van der Waals surface area contributed by atoms with Crippen molar-refractivity contribution in [3.8, 4) is 0 Å². The van der Waals surface area contributed by atoms with Crippen LogP contribution < -0.4 is 5.32 Å². The molecular weight excluding hydrogens is 290 g/mol. The summed E-state index contributed by atoms with van der Waals surface area (Å²) in [5.74, 6) is 0.521. The highest BCUT2D eigenvalue weighted by Gasteiger charge is 2.29. The molecule has 5 nitrogen and oxygen atoms in total. The predicted molar refractivity (Wildman–Crippen MR) is 90.2 cm³/mol. The number of para-hydroxylation sites is 1. The van der Waals surface area contributed by atoms with Gasteiger partial charge in [-0.1, -0.05) is 31.0 Å². The molecule has 1 N–H and O–H groups in total. The molecule has 0 radical (unpaired) electrons. The summed E-state index contributed by atoms with van der Waals surface area (Å²) in [5, 5.41) is 2.92. The van der Waals surface area contributed by atoms with Gasteiger partial charge in [0.05, 0.1) is 0 Å². The lowest BCUT2D eigenvalue weighted by atomic mass is 10.1. The molecule has 3 amide bonds. The summed E-state index contributed by atoms with van der Waals surface area (Å²) < 4.78 is 0. The van der Waals surface area contributed by atoms with Crippen LogP contribution in [0.2, 0.25) is 0 Å². The Hall–Kier alpha value is -2.04. The van der Waals surface area contributed by atoms with Gasteiger partial charge in [0, 0.05) is 37.8 Å². The molecule has 2 fully saturated rings. The molecule has 2 aliphatic rings. The van der Waals surface area contributed by atoms with E-state index in [2.05, 4.69) is 5.32 Å². The van der Waals surface area contributed by atoms with E-state index in [9.17, 15) is 9.59 Å². The Morgan fingerprint density at radius 2 is 1.52 bits per heavy atom. The van der Waals surface area contributed by atoms with Crippen molar-refractivity contribution in [3.63, 3.8) is 0 Å². The third-order valence-corrected chi connectivity index (χ3v) is 4.82. The van der Waals surface area contributed by atoms with E-state index in [1.165, 1.54) is 12.8 Å². The van der Waals surface area contributed by atoms with E-state index in [-0.39, 0.29) is 11.9 Å². The Morgan fingerprint density at radius 3 is 2.26 bits per heavy atom. The van der Waals surface area contributed by atoms with Crippen molar-refractivity contribution in [1.29, 1.82) is 0 Å². The van der Waals surface area contributed by atoms with Crippen LogP contribution in [-0.4, -0.2) is 47.9 Å². The summed E-state index contributed by atoms with van der Waals surface area (Å²) in [7, 11) is 0. The summed E-state index contributed by atoms with van der Waals surface area (Å²) in [6.07, 6.45) is 5.27. The Morgan fingerprint density at radius 1 is 0.870 bits per heavy atom. The minimum Gasteiger partial charge on any atom is -0.341 e. The molecular formula is C18H25N3O2. The number of amides is 3. The fourth-order valence-electron chi connectivity index (χ4n) is 3.50.